The van der Waals surface area contributed by atoms with Gasteiger partial charge in [-0.2, -0.15) is 9.40 Å². The Bertz CT molecular complexity index is 813. The van der Waals surface area contributed by atoms with Gasteiger partial charge < -0.3 is 5.32 Å². The van der Waals surface area contributed by atoms with Crippen molar-refractivity contribution in [2.45, 2.75) is 36.6 Å². The molecule has 2 heterocycles. The highest BCUT2D eigenvalue weighted by Crippen LogP contribution is 2.28. The van der Waals surface area contributed by atoms with Crippen molar-refractivity contribution in [2.75, 3.05) is 19.6 Å². The van der Waals surface area contributed by atoms with Crippen LogP contribution in [-0.2, 0) is 10.0 Å². The summed E-state index contributed by atoms with van der Waals surface area (Å²) in [7, 11) is -3.47. The molecule has 1 aromatic heterocycles. The summed E-state index contributed by atoms with van der Waals surface area (Å²) in [5.41, 5.74) is 0.854. The molecule has 0 atom stereocenters. The normalized spacial score (nSPS) is 19.2. The van der Waals surface area contributed by atoms with E-state index in [0.29, 0.717) is 19.1 Å². The van der Waals surface area contributed by atoms with E-state index in [-0.39, 0.29) is 17.3 Å². The minimum Gasteiger partial charge on any atom is -0.314 e. The molecule has 0 unspecified atom stereocenters. The molecule has 1 aromatic carbocycles. The standard InChI is InChI=1S/C18H24N4O2S.ClH/c23-25(24,18-13-20-22(14-18)17-4-2-1-3-5-17)21-10-8-16(9-11-21)19-12-15-6-7-15;/h1-5,13-16,19H,6-12H2;1H. The predicted octanol–water partition coefficient (Wildman–Crippen LogP) is 2.45. The van der Waals surface area contributed by atoms with Crippen LogP contribution in [0, 0.1) is 5.92 Å². The maximum absolute atomic E-state index is 12.9. The molecule has 0 amide bonds. The van der Waals surface area contributed by atoms with E-state index in [1.54, 1.807) is 15.2 Å². The van der Waals surface area contributed by atoms with Crippen molar-refractivity contribution in [1.29, 1.82) is 0 Å². The van der Waals surface area contributed by atoms with Gasteiger partial charge in [-0.15, -0.1) is 12.4 Å². The third kappa shape index (κ3) is 4.28. The number of sulfonamides is 1. The first kappa shape index (κ1) is 19.4. The fourth-order valence-corrected chi connectivity index (χ4v) is 4.67. The first-order chi connectivity index (χ1) is 12.1. The second-order valence-electron chi connectivity index (χ2n) is 6.99. The Morgan fingerprint density at radius 1 is 1.08 bits per heavy atom. The zero-order valence-electron chi connectivity index (χ0n) is 14.6. The van der Waals surface area contributed by atoms with Crippen molar-refractivity contribution in [3.63, 3.8) is 0 Å². The van der Waals surface area contributed by atoms with Gasteiger partial charge in [0, 0.05) is 19.1 Å². The Labute approximate surface area is 161 Å². The van der Waals surface area contributed by atoms with E-state index < -0.39 is 10.0 Å². The number of benzene rings is 1. The monoisotopic (exact) mass is 396 g/mol. The number of rotatable bonds is 6. The maximum atomic E-state index is 12.9. The molecular weight excluding hydrogens is 372 g/mol. The molecule has 1 aliphatic heterocycles. The average Bonchev–Trinajstić information content (AvgIpc) is 3.34. The first-order valence-corrected chi connectivity index (χ1v) is 10.4. The van der Waals surface area contributed by atoms with Gasteiger partial charge in [0.05, 0.1) is 18.1 Å². The van der Waals surface area contributed by atoms with Crippen LogP contribution in [0.15, 0.2) is 47.6 Å². The molecule has 0 spiro atoms. The van der Waals surface area contributed by atoms with Crippen LogP contribution < -0.4 is 5.32 Å². The van der Waals surface area contributed by atoms with E-state index in [1.165, 1.54) is 19.0 Å². The summed E-state index contributed by atoms with van der Waals surface area (Å²) in [5, 5.41) is 7.80. The second kappa shape index (κ2) is 8.08. The van der Waals surface area contributed by atoms with Crippen LogP contribution in [-0.4, -0.2) is 48.2 Å². The van der Waals surface area contributed by atoms with Crippen LogP contribution in [0.4, 0.5) is 0 Å². The average molecular weight is 397 g/mol. The minimum atomic E-state index is -3.47. The van der Waals surface area contributed by atoms with Crippen molar-refractivity contribution >= 4 is 22.4 Å². The third-order valence-corrected chi connectivity index (χ3v) is 6.91. The Balaban J connectivity index is 0.00000196. The number of hydrogen-bond donors (Lipinski definition) is 1. The molecule has 1 aliphatic carbocycles. The van der Waals surface area contributed by atoms with Crippen molar-refractivity contribution in [2.24, 2.45) is 5.92 Å². The molecule has 2 aliphatic rings. The summed E-state index contributed by atoms with van der Waals surface area (Å²) < 4.78 is 28.9. The maximum Gasteiger partial charge on any atom is 0.246 e. The topological polar surface area (TPSA) is 67.2 Å². The molecule has 8 heteroatoms. The first-order valence-electron chi connectivity index (χ1n) is 8.96. The molecule has 0 radical (unpaired) electrons. The zero-order chi connectivity index (χ0) is 17.3. The van der Waals surface area contributed by atoms with Crippen LogP contribution in [0.25, 0.3) is 5.69 Å². The Hall–Kier alpha value is -1.41. The summed E-state index contributed by atoms with van der Waals surface area (Å²) in [6.45, 7) is 2.23. The van der Waals surface area contributed by atoms with Gasteiger partial charge in [-0.25, -0.2) is 13.1 Å². The lowest BCUT2D eigenvalue weighted by Crippen LogP contribution is -2.45. The van der Waals surface area contributed by atoms with Gasteiger partial charge in [0.2, 0.25) is 10.0 Å². The lowest BCUT2D eigenvalue weighted by molar-refractivity contribution is 0.288. The summed E-state index contributed by atoms with van der Waals surface area (Å²) in [5.74, 6) is 0.852. The molecule has 2 fully saturated rings. The summed E-state index contributed by atoms with van der Waals surface area (Å²) >= 11 is 0. The van der Waals surface area contributed by atoms with Gasteiger partial charge >= 0.3 is 0 Å². The summed E-state index contributed by atoms with van der Waals surface area (Å²) in [4.78, 5) is 0.265. The van der Waals surface area contributed by atoms with Gasteiger partial charge in [0.25, 0.3) is 0 Å². The minimum absolute atomic E-state index is 0. The quantitative estimate of drug-likeness (QED) is 0.814. The van der Waals surface area contributed by atoms with Crippen molar-refractivity contribution in [3.05, 3.63) is 42.7 Å². The van der Waals surface area contributed by atoms with Crippen molar-refractivity contribution < 1.29 is 8.42 Å². The SMILES string of the molecule is Cl.O=S(=O)(c1cnn(-c2ccccc2)c1)N1CCC(NCC2CC2)CC1. The Kier molecular flexibility index (Phi) is 6.02. The van der Waals surface area contributed by atoms with E-state index in [4.69, 9.17) is 0 Å². The second-order valence-corrected chi connectivity index (χ2v) is 8.92. The van der Waals surface area contributed by atoms with Crippen LogP contribution in [0.1, 0.15) is 25.7 Å². The molecule has 4 rings (SSSR count). The van der Waals surface area contributed by atoms with E-state index in [2.05, 4.69) is 10.4 Å². The van der Waals surface area contributed by atoms with Gasteiger partial charge in [-0.1, -0.05) is 18.2 Å². The Morgan fingerprint density at radius 2 is 1.77 bits per heavy atom. The molecule has 1 saturated carbocycles. The zero-order valence-corrected chi connectivity index (χ0v) is 16.3. The molecular formula is C18H25ClN4O2S. The largest absolute Gasteiger partial charge is 0.314 e. The molecule has 6 nitrogen and oxygen atoms in total. The van der Waals surface area contributed by atoms with Crippen molar-refractivity contribution in [3.8, 4) is 5.69 Å². The van der Waals surface area contributed by atoms with E-state index in [9.17, 15) is 8.42 Å². The predicted molar refractivity (Wildman–Crippen MR) is 103 cm³/mol. The van der Waals surface area contributed by atoms with Crippen LogP contribution in [0.2, 0.25) is 0 Å². The van der Waals surface area contributed by atoms with Crippen molar-refractivity contribution in [1.82, 2.24) is 19.4 Å². The number of piperidine rings is 1. The van der Waals surface area contributed by atoms with E-state index in [1.807, 2.05) is 30.3 Å². The van der Waals surface area contributed by atoms with Gasteiger partial charge in [0.15, 0.2) is 0 Å². The number of para-hydroxylation sites is 1. The van der Waals surface area contributed by atoms with E-state index in [0.717, 1.165) is 31.0 Å². The lowest BCUT2D eigenvalue weighted by Gasteiger charge is -2.31. The summed E-state index contributed by atoms with van der Waals surface area (Å²) in [6.07, 6.45) is 7.47. The molecule has 1 saturated heterocycles. The van der Waals surface area contributed by atoms with Gasteiger partial charge in [-0.3, -0.25) is 0 Å². The summed E-state index contributed by atoms with van der Waals surface area (Å²) in [6, 6.07) is 9.99. The van der Waals surface area contributed by atoms with Crippen LogP contribution in [0.5, 0.6) is 0 Å². The fourth-order valence-electron chi connectivity index (χ4n) is 3.27. The number of nitrogens with zero attached hydrogens (tertiary/aromatic N) is 3. The number of nitrogens with one attached hydrogen (secondary N) is 1. The van der Waals surface area contributed by atoms with Crippen LogP contribution >= 0.6 is 12.4 Å². The molecule has 142 valence electrons. The molecule has 0 bridgehead atoms. The lowest BCUT2D eigenvalue weighted by atomic mass is 10.1. The fraction of sp³-hybridized carbons (Fsp3) is 0.500. The van der Waals surface area contributed by atoms with Gasteiger partial charge in [0.1, 0.15) is 4.90 Å². The highest BCUT2D eigenvalue weighted by Gasteiger charge is 2.31. The molecule has 26 heavy (non-hydrogen) atoms. The van der Waals surface area contributed by atoms with Crippen LogP contribution in [0.3, 0.4) is 0 Å². The number of aromatic nitrogens is 2. The molecule has 2 aromatic rings. The number of halogens is 1. The Morgan fingerprint density at radius 3 is 2.42 bits per heavy atom. The highest BCUT2D eigenvalue weighted by molar-refractivity contribution is 7.89. The highest BCUT2D eigenvalue weighted by atomic mass is 35.5. The number of hydrogen-bond acceptors (Lipinski definition) is 4. The van der Waals surface area contributed by atoms with E-state index >= 15 is 0 Å². The smallest absolute Gasteiger partial charge is 0.246 e. The molecule has 1 N–H and O–H groups in total. The third-order valence-electron chi connectivity index (χ3n) is 5.06. The van der Waals surface area contributed by atoms with Gasteiger partial charge in [-0.05, 0) is 50.3 Å².